The molecule has 0 aliphatic carbocycles. The Morgan fingerprint density at radius 3 is 2.09 bits per heavy atom. The molecule has 1 saturated heterocycles. The van der Waals surface area contributed by atoms with Crippen molar-refractivity contribution < 1.29 is 28.0 Å². The predicted molar refractivity (Wildman–Crippen MR) is 176 cm³/mol. The molecule has 4 N–H and O–H groups in total. The number of phosphoric acid groups is 1. The Labute approximate surface area is 267 Å². The van der Waals surface area contributed by atoms with Gasteiger partial charge in [0.1, 0.15) is 18.4 Å². The Morgan fingerprint density at radius 1 is 0.977 bits per heavy atom. The lowest BCUT2D eigenvalue weighted by Crippen LogP contribution is -2.38. The van der Waals surface area contributed by atoms with Crippen LogP contribution in [0.15, 0.2) is 21.9 Å². The lowest BCUT2D eigenvalue weighted by molar-refractivity contribution is -0.0563. The number of unbranched alkanes of at least 4 members (excludes halogenated alkanes) is 12. The number of methoxy groups -OCH3 is 1. The van der Waals surface area contributed by atoms with Crippen molar-refractivity contribution in [3.63, 3.8) is 0 Å². The van der Waals surface area contributed by atoms with Gasteiger partial charge in [0.25, 0.3) is 5.56 Å². The maximum atomic E-state index is 12.6. The van der Waals surface area contributed by atoms with Gasteiger partial charge in [-0.2, -0.15) is 0 Å². The molecule has 1 aliphatic heterocycles. The molecular formula is C30H55N4O8PS. The molecule has 0 bridgehead atoms. The molecule has 14 heteroatoms. The van der Waals surface area contributed by atoms with Crippen LogP contribution < -0.4 is 21.9 Å². The highest BCUT2D eigenvalue weighted by Crippen LogP contribution is 2.50. The summed E-state index contributed by atoms with van der Waals surface area (Å²) in [7, 11) is -1.82. The maximum Gasteiger partial charge on any atom is 0.472 e. The van der Waals surface area contributed by atoms with Gasteiger partial charge in [0.2, 0.25) is 0 Å². The summed E-state index contributed by atoms with van der Waals surface area (Å²) in [4.78, 5) is 36.5. The molecule has 0 aromatic carbocycles. The van der Waals surface area contributed by atoms with E-state index in [0.29, 0.717) is 24.5 Å². The van der Waals surface area contributed by atoms with Gasteiger partial charge in [-0.3, -0.25) is 23.4 Å². The SMILES string of the molecule is CCCCCCCCCCCCCCCNC(=S)NCCC[C@H]1C(OP(=O)(O)OC)[C@@H](COC)O[C@H]1n1ccc(=O)[nH]c1=O. The molecule has 2 unspecified atom stereocenters. The first-order valence-electron chi connectivity index (χ1n) is 16.3. The molecule has 0 amide bonds. The van der Waals surface area contributed by atoms with Crippen molar-refractivity contribution >= 4 is 25.2 Å². The molecule has 0 radical (unpaired) electrons. The minimum Gasteiger partial charge on any atom is -0.382 e. The van der Waals surface area contributed by atoms with Gasteiger partial charge < -0.3 is 25.0 Å². The van der Waals surface area contributed by atoms with Gasteiger partial charge in [-0.1, -0.05) is 84.0 Å². The van der Waals surface area contributed by atoms with E-state index in [4.69, 9.17) is 26.2 Å². The first-order chi connectivity index (χ1) is 21.2. The number of hydrogen-bond acceptors (Lipinski definition) is 8. The topological polar surface area (TPSA) is 153 Å². The molecule has 254 valence electrons. The fraction of sp³-hybridized carbons (Fsp3) is 0.833. The quantitative estimate of drug-likeness (QED) is 0.0659. The Balaban J connectivity index is 1.73. The van der Waals surface area contributed by atoms with E-state index in [2.05, 4.69) is 27.1 Å². The van der Waals surface area contributed by atoms with Crippen molar-refractivity contribution in [3.8, 4) is 0 Å². The van der Waals surface area contributed by atoms with Crippen LogP contribution in [0.3, 0.4) is 0 Å². The summed E-state index contributed by atoms with van der Waals surface area (Å²) in [6.45, 7) is 3.67. The van der Waals surface area contributed by atoms with E-state index in [0.717, 1.165) is 20.1 Å². The van der Waals surface area contributed by atoms with Crippen molar-refractivity contribution in [1.29, 1.82) is 0 Å². The van der Waals surface area contributed by atoms with E-state index >= 15 is 0 Å². The Kier molecular flexibility index (Phi) is 19.3. The van der Waals surface area contributed by atoms with Crippen molar-refractivity contribution in [2.24, 2.45) is 5.92 Å². The average Bonchev–Trinajstić information content (AvgIpc) is 3.31. The first-order valence-corrected chi connectivity index (χ1v) is 18.2. The van der Waals surface area contributed by atoms with Crippen molar-refractivity contribution in [2.75, 3.05) is 33.9 Å². The minimum atomic E-state index is -4.38. The number of hydrogen-bond donors (Lipinski definition) is 4. The fourth-order valence-electron chi connectivity index (χ4n) is 5.59. The summed E-state index contributed by atoms with van der Waals surface area (Å²) in [5.41, 5.74) is -1.19. The largest absolute Gasteiger partial charge is 0.472 e. The van der Waals surface area contributed by atoms with Gasteiger partial charge >= 0.3 is 13.5 Å². The smallest absolute Gasteiger partial charge is 0.382 e. The normalized spacial score (nSPS) is 21.3. The van der Waals surface area contributed by atoms with Crippen LogP contribution in [0.1, 0.15) is 109 Å². The third-order valence-corrected chi connectivity index (χ3v) is 9.24. The van der Waals surface area contributed by atoms with Gasteiger partial charge in [0.05, 0.1) is 6.61 Å². The second-order valence-electron chi connectivity index (χ2n) is 11.5. The van der Waals surface area contributed by atoms with Crippen LogP contribution in [-0.2, 0) is 23.1 Å². The zero-order valence-corrected chi connectivity index (χ0v) is 28.5. The summed E-state index contributed by atoms with van der Waals surface area (Å²) in [5.74, 6) is -0.525. The van der Waals surface area contributed by atoms with Crippen LogP contribution in [0.5, 0.6) is 0 Å². The summed E-state index contributed by atoms with van der Waals surface area (Å²) in [6.07, 6.45) is 16.9. The molecular weight excluding hydrogens is 607 g/mol. The van der Waals surface area contributed by atoms with Crippen LogP contribution in [-0.4, -0.2) is 65.7 Å². The van der Waals surface area contributed by atoms with E-state index in [-0.39, 0.29) is 6.61 Å². The summed E-state index contributed by atoms with van der Waals surface area (Å²) in [5, 5.41) is 7.04. The lowest BCUT2D eigenvalue weighted by atomic mass is 9.94. The summed E-state index contributed by atoms with van der Waals surface area (Å²) < 4.78 is 35.1. The van der Waals surface area contributed by atoms with Gasteiger partial charge in [0, 0.05) is 45.5 Å². The van der Waals surface area contributed by atoms with E-state index < -0.39 is 43.4 Å². The van der Waals surface area contributed by atoms with Crippen molar-refractivity contribution in [2.45, 2.75) is 122 Å². The zero-order valence-electron chi connectivity index (χ0n) is 26.8. The number of phosphoric ester groups is 1. The number of thiocarbonyl (C=S) groups is 1. The minimum absolute atomic E-state index is 0.0605. The highest BCUT2D eigenvalue weighted by atomic mass is 32.1. The fourth-order valence-corrected chi connectivity index (χ4v) is 6.48. The summed E-state index contributed by atoms with van der Waals surface area (Å²) >= 11 is 5.43. The molecule has 1 aromatic rings. The van der Waals surface area contributed by atoms with Crippen LogP contribution in [0.25, 0.3) is 0 Å². The summed E-state index contributed by atoms with van der Waals surface area (Å²) in [6, 6.07) is 1.22. The number of nitrogens with zero attached hydrogens (tertiary/aromatic N) is 1. The van der Waals surface area contributed by atoms with Crippen molar-refractivity contribution in [1.82, 2.24) is 20.2 Å². The molecule has 12 nitrogen and oxygen atoms in total. The standard InChI is InChI=1S/C30H55N4O8PS/c1-4-5-6-7-8-9-10-11-12-13-14-15-16-20-31-29(44)32-21-17-18-24-27(42-43(37,38)40-3)25(23-39-2)41-28(24)34-22-19-26(35)33-30(34)36/h19,22,24-25,27-28H,4-18,20-21,23H2,1-3H3,(H,37,38)(H2,31,32,44)(H,33,35,36)/t24-,25+,27?,28+/m0/s1. The van der Waals surface area contributed by atoms with Crippen molar-refractivity contribution in [3.05, 3.63) is 33.1 Å². The monoisotopic (exact) mass is 662 g/mol. The average molecular weight is 663 g/mol. The Hall–Kier alpha value is -1.60. The van der Waals surface area contributed by atoms with Crippen LogP contribution in [0.4, 0.5) is 0 Å². The number of aromatic nitrogens is 2. The number of ether oxygens (including phenoxy) is 2. The van der Waals surface area contributed by atoms with Gasteiger partial charge in [-0.25, -0.2) is 9.36 Å². The zero-order chi connectivity index (χ0) is 32.2. The van der Waals surface area contributed by atoms with Crippen LogP contribution in [0, 0.1) is 5.92 Å². The molecule has 44 heavy (non-hydrogen) atoms. The second-order valence-corrected chi connectivity index (χ2v) is 13.4. The molecule has 2 rings (SSSR count). The van der Waals surface area contributed by atoms with Gasteiger partial charge in [0.15, 0.2) is 5.11 Å². The van der Waals surface area contributed by atoms with E-state index in [1.807, 2.05) is 0 Å². The maximum absolute atomic E-state index is 12.6. The lowest BCUT2D eigenvalue weighted by Gasteiger charge is -2.26. The number of rotatable bonds is 24. The van der Waals surface area contributed by atoms with Crippen LogP contribution in [0.2, 0.25) is 0 Å². The first kappa shape index (κ1) is 38.6. The number of H-pyrrole nitrogens is 1. The number of nitrogens with one attached hydrogen (secondary N) is 3. The van der Waals surface area contributed by atoms with E-state index in [9.17, 15) is 19.0 Å². The van der Waals surface area contributed by atoms with Gasteiger partial charge in [-0.05, 0) is 31.5 Å². The molecule has 2 heterocycles. The Morgan fingerprint density at radius 2 is 1.55 bits per heavy atom. The number of aromatic amines is 1. The van der Waals surface area contributed by atoms with E-state index in [1.165, 1.54) is 101 Å². The van der Waals surface area contributed by atoms with E-state index in [1.54, 1.807) is 0 Å². The molecule has 0 spiro atoms. The molecule has 0 saturated carbocycles. The molecule has 1 fully saturated rings. The second kappa shape index (κ2) is 22.0. The molecule has 1 aliphatic rings. The molecule has 5 atom stereocenters. The highest BCUT2D eigenvalue weighted by Gasteiger charge is 2.49. The Bertz CT molecular complexity index is 1100. The van der Waals surface area contributed by atoms with Crippen LogP contribution >= 0.6 is 20.0 Å². The predicted octanol–water partition coefficient (Wildman–Crippen LogP) is 5.16. The highest BCUT2D eigenvalue weighted by molar-refractivity contribution is 7.80. The third-order valence-electron chi connectivity index (χ3n) is 7.98. The van der Waals surface area contributed by atoms with Gasteiger partial charge in [-0.15, -0.1) is 0 Å². The molecule has 1 aromatic heterocycles. The third kappa shape index (κ3) is 14.7.